The lowest BCUT2D eigenvalue weighted by molar-refractivity contribution is -0.115. The van der Waals surface area contributed by atoms with Gasteiger partial charge in [0.1, 0.15) is 0 Å². The highest BCUT2D eigenvalue weighted by atomic mass is 16.2. The van der Waals surface area contributed by atoms with Crippen LogP contribution in [0.2, 0.25) is 0 Å². The Morgan fingerprint density at radius 3 is 2.85 bits per heavy atom. The molecule has 1 aliphatic carbocycles. The van der Waals surface area contributed by atoms with Crippen molar-refractivity contribution in [3.8, 4) is 0 Å². The number of anilines is 1. The predicted octanol–water partition coefficient (Wildman–Crippen LogP) is 2.49. The van der Waals surface area contributed by atoms with Crippen molar-refractivity contribution in [1.82, 2.24) is 5.32 Å². The van der Waals surface area contributed by atoms with Crippen LogP contribution in [0.25, 0.3) is 0 Å². The Morgan fingerprint density at radius 1 is 1.25 bits per heavy atom. The van der Waals surface area contributed by atoms with Crippen molar-refractivity contribution in [3.05, 3.63) is 29.3 Å². The number of rotatable bonds is 3. The lowest BCUT2D eigenvalue weighted by Gasteiger charge is -2.21. The molecule has 1 heterocycles. The summed E-state index contributed by atoms with van der Waals surface area (Å²) in [5.41, 5.74) is 2.38. The van der Waals surface area contributed by atoms with E-state index in [0.717, 1.165) is 17.8 Å². The average molecular weight is 272 g/mol. The molecule has 1 aliphatic heterocycles. The third-order valence-corrected chi connectivity index (χ3v) is 4.27. The van der Waals surface area contributed by atoms with Crippen molar-refractivity contribution in [2.24, 2.45) is 5.92 Å². The third-order valence-electron chi connectivity index (χ3n) is 4.27. The second kappa shape index (κ2) is 5.65. The Bertz CT molecular complexity index is 533. The van der Waals surface area contributed by atoms with Gasteiger partial charge in [0.2, 0.25) is 5.91 Å². The summed E-state index contributed by atoms with van der Waals surface area (Å²) in [6.45, 7) is 0.766. The van der Waals surface area contributed by atoms with Gasteiger partial charge in [0.25, 0.3) is 5.91 Å². The minimum absolute atomic E-state index is 0.000219. The summed E-state index contributed by atoms with van der Waals surface area (Å²) in [5, 5.41) is 5.80. The molecule has 2 aliphatic rings. The highest BCUT2D eigenvalue weighted by Crippen LogP contribution is 2.25. The van der Waals surface area contributed by atoms with E-state index < -0.39 is 0 Å². The van der Waals surface area contributed by atoms with Gasteiger partial charge in [0.15, 0.2) is 0 Å². The molecule has 0 saturated heterocycles. The zero-order valence-corrected chi connectivity index (χ0v) is 11.6. The minimum atomic E-state index is -0.0421. The Balaban J connectivity index is 1.60. The maximum absolute atomic E-state index is 12.1. The first-order valence-electron chi connectivity index (χ1n) is 7.43. The molecule has 0 aromatic heterocycles. The summed E-state index contributed by atoms with van der Waals surface area (Å²) in [6.07, 6.45) is 6.76. The molecule has 0 atom stereocenters. The number of benzene rings is 1. The van der Waals surface area contributed by atoms with Crippen molar-refractivity contribution in [1.29, 1.82) is 0 Å². The van der Waals surface area contributed by atoms with E-state index in [2.05, 4.69) is 10.6 Å². The molecule has 1 saturated carbocycles. The summed E-state index contributed by atoms with van der Waals surface area (Å²) < 4.78 is 0. The molecule has 4 nitrogen and oxygen atoms in total. The van der Waals surface area contributed by atoms with Crippen LogP contribution in [-0.2, 0) is 11.2 Å². The van der Waals surface area contributed by atoms with E-state index in [4.69, 9.17) is 0 Å². The quantitative estimate of drug-likeness (QED) is 0.888. The zero-order chi connectivity index (χ0) is 13.9. The monoisotopic (exact) mass is 272 g/mol. The van der Waals surface area contributed by atoms with Gasteiger partial charge in [-0.3, -0.25) is 9.59 Å². The van der Waals surface area contributed by atoms with Gasteiger partial charge in [-0.25, -0.2) is 0 Å². The van der Waals surface area contributed by atoms with Crippen LogP contribution in [0, 0.1) is 5.92 Å². The van der Waals surface area contributed by atoms with Gasteiger partial charge in [0.05, 0.1) is 6.42 Å². The van der Waals surface area contributed by atoms with Crippen molar-refractivity contribution >= 4 is 17.5 Å². The van der Waals surface area contributed by atoms with Crippen LogP contribution in [-0.4, -0.2) is 18.4 Å². The molecule has 1 aromatic carbocycles. The Labute approximate surface area is 118 Å². The first-order valence-corrected chi connectivity index (χ1v) is 7.43. The lowest BCUT2D eigenvalue weighted by Crippen LogP contribution is -2.30. The Hall–Kier alpha value is -1.84. The smallest absolute Gasteiger partial charge is 0.251 e. The molecular formula is C16H20N2O2. The second-order valence-electron chi connectivity index (χ2n) is 5.81. The van der Waals surface area contributed by atoms with Gasteiger partial charge in [-0.05, 0) is 36.5 Å². The topological polar surface area (TPSA) is 58.2 Å². The fourth-order valence-electron chi connectivity index (χ4n) is 3.09. The number of fused-ring (bicyclic) bond motifs is 1. The van der Waals surface area contributed by atoms with Crippen LogP contribution in [0.1, 0.15) is 48.0 Å². The van der Waals surface area contributed by atoms with Crippen LogP contribution in [0.4, 0.5) is 5.69 Å². The molecule has 0 bridgehead atoms. The predicted molar refractivity (Wildman–Crippen MR) is 77.7 cm³/mol. The number of hydrogen-bond donors (Lipinski definition) is 2. The number of amides is 2. The first-order chi connectivity index (χ1) is 9.72. The summed E-state index contributed by atoms with van der Waals surface area (Å²) in [5.74, 6) is 0.584. The van der Waals surface area contributed by atoms with Gasteiger partial charge >= 0.3 is 0 Å². The largest absolute Gasteiger partial charge is 0.352 e. The first kappa shape index (κ1) is 13.2. The maximum Gasteiger partial charge on any atom is 0.251 e. The molecule has 3 rings (SSSR count). The molecule has 1 aromatic rings. The summed E-state index contributed by atoms with van der Waals surface area (Å²) in [4.78, 5) is 23.4. The van der Waals surface area contributed by atoms with E-state index in [-0.39, 0.29) is 11.8 Å². The molecular weight excluding hydrogens is 252 g/mol. The fourth-order valence-corrected chi connectivity index (χ4v) is 3.09. The summed E-state index contributed by atoms with van der Waals surface area (Å²) >= 11 is 0. The Kier molecular flexibility index (Phi) is 3.72. The second-order valence-corrected chi connectivity index (χ2v) is 5.81. The van der Waals surface area contributed by atoms with Crippen LogP contribution in [0.15, 0.2) is 18.2 Å². The van der Waals surface area contributed by atoms with E-state index in [1.165, 1.54) is 32.1 Å². The lowest BCUT2D eigenvalue weighted by atomic mass is 9.89. The number of carbonyl (C=O) groups excluding carboxylic acids is 2. The van der Waals surface area contributed by atoms with Gasteiger partial charge in [0, 0.05) is 17.8 Å². The van der Waals surface area contributed by atoms with E-state index in [9.17, 15) is 9.59 Å². The molecule has 0 radical (unpaired) electrons. The van der Waals surface area contributed by atoms with E-state index in [1.54, 1.807) is 12.1 Å². The Morgan fingerprint density at radius 2 is 2.05 bits per heavy atom. The molecule has 20 heavy (non-hydrogen) atoms. The van der Waals surface area contributed by atoms with Gasteiger partial charge < -0.3 is 10.6 Å². The molecule has 4 heteroatoms. The van der Waals surface area contributed by atoms with Crippen molar-refractivity contribution in [2.75, 3.05) is 11.9 Å². The normalized spacial score (nSPS) is 18.5. The van der Waals surface area contributed by atoms with Crippen LogP contribution >= 0.6 is 0 Å². The third kappa shape index (κ3) is 2.84. The standard InChI is InChI=1S/C16H20N2O2/c19-15-9-12-6-7-13(8-14(12)18-15)16(20)17-10-11-4-2-1-3-5-11/h6-8,11H,1-5,9-10H2,(H,17,20)(H,18,19). The fraction of sp³-hybridized carbons (Fsp3) is 0.500. The highest BCUT2D eigenvalue weighted by molar-refractivity contribution is 6.02. The molecule has 0 unspecified atom stereocenters. The van der Waals surface area contributed by atoms with Gasteiger partial charge in [-0.2, -0.15) is 0 Å². The minimum Gasteiger partial charge on any atom is -0.352 e. The average Bonchev–Trinajstić information content (AvgIpc) is 2.85. The molecule has 2 amide bonds. The van der Waals surface area contributed by atoms with Crippen molar-refractivity contribution in [2.45, 2.75) is 38.5 Å². The maximum atomic E-state index is 12.1. The van der Waals surface area contributed by atoms with Crippen molar-refractivity contribution in [3.63, 3.8) is 0 Å². The summed E-state index contributed by atoms with van der Waals surface area (Å²) in [7, 11) is 0. The molecule has 1 fully saturated rings. The SMILES string of the molecule is O=C1Cc2ccc(C(=O)NCC3CCCCC3)cc2N1. The van der Waals surface area contributed by atoms with Crippen LogP contribution in [0.5, 0.6) is 0 Å². The van der Waals surface area contributed by atoms with E-state index in [1.807, 2.05) is 6.07 Å². The molecule has 106 valence electrons. The number of carbonyl (C=O) groups is 2. The van der Waals surface area contributed by atoms with Gasteiger partial charge in [-0.15, -0.1) is 0 Å². The van der Waals surface area contributed by atoms with E-state index >= 15 is 0 Å². The van der Waals surface area contributed by atoms with Crippen LogP contribution in [0.3, 0.4) is 0 Å². The number of hydrogen-bond acceptors (Lipinski definition) is 2. The van der Waals surface area contributed by atoms with Gasteiger partial charge in [-0.1, -0.05) is 25.3 Å². The molecule has 0 spiro atoms. The number of nitrogens with one attached hydrogen (secondary N) is 2. The molecule has 2 N–H and O–H groups in total. The van der Waals surface area contributed by atoms with E-state index in [0.29, 0.717) is 17.9 Å². The van der Waals surface area contributed by atoms with Crippen LogP contribution < -0.4 is 10.6 Å². The zero-order valence-electron chi connectivity index (χ0n) is 11.6. The van der Waals surface area contributed by atoms with Crippen molar-refractivity contribution < 1.29 is 9.59 Å². The summed E-state index contributed by atoms with van der Waals surface area (Å²) in [6, 6.07) is 5.44. The highest BCUT2D eigenvalue weighted by Gasteiger charge is 2.19.